The predicted molar refractivity (Wildman–Crippen MR) is 140 cm³/mol. The molecule has 6 rings (SSSR count). The highest BCUT2D eigenvalue weighted by Crippen LogP contribution is 2.40. The molecule has 8 nitrogen and oxygen atoms in total. The van der Waals surface area contributed by atoms with Crippen LogP contribution in [0.2, 0.25) is 0 Å². The number of pyridine rings is 1. The topological polar surface area (TPSA) is 79.0 Å². The molecule has 0 saturated carbocycles. The summed E-state index contributed by atoms with van der Waals surface area (Å²) < 4.78 is 11.7. The molecule has 1 aromatic carbocycles. The van der Waals surface area contributed by atoms with Crippen molar-refractivity contribution in [2.24, 2.45) is 0 Å². The Balaban J connectivity index is 0.000000260. The highest BCUT2D eigenvalue weighted by molar-refractivity contribution is 5.87. The van der Waals surface area contributed by atoms with Crippen molar-refractivity contribution in [2.75, 3.05) is 62.7 Å². The zero-order valence-corrected chi connectivity index (χ0v) is 20.5. The number of likely N-dealkylation sites (tertiary alicyclic amines) is 1. The minimum Gasteiger partial charge on any atom is -0.486 e. The normalized spacial score (nSPS) is 19.1. The quantitative estimate of drug-likeness (QED) is 0.652. The number of hydrogen-bond donors (Lipinski definition) is 2. The lowest BCUT2D eigenvalue weighted by Gasteiger charge is -2.30. The molecule has 5 heterocycles. The van der Waals surface area contributed by atoms with Crippen molar-refractivity contribution in [3.05, 3.63) is 53.7 Å². The second-order valence-corrected chi connectivity index (χ2v) is 9.48. The van der Waals surface area contributed by atoms with Gasteiger partial charge in [0.25, 0.3) is 0 Å². The third-order valence-electron chi connectivity index (χ3n) is 7.14. The van der Waals surface area contributed by atoms with Crippen molar-refractivity contribution in [3.8, 4) is 5.75 Å². The Bertz CT molecular complexity index is 1080. The summed E-state index contributed by atoms with van der Waals surface area (Å²) in [7, 11) is 0. The lowest BCUT2D eigenvalue weighted by molar-refractivity contribution is -0.124. The van der Waals surface area contributed by atoms with Gasteiger partial charge >= 0.3 is 0 Å². The van der Waals surface area contributed by atoms with E-state index in [-0.39, 0.29) is 7.33 Å². The van der Waals surface area contributed by atoms with Crippen LogP contribution in [0.5, 0.6) is 5.75 Å². The number of amides is 1. The number of carbonyl (C=O) groups is 1. The van der Waals surface area contributed by atoms with E-state index in [9.17, 15) is 4.79 Å². The van der Waals surface area contributed by atoms with Crippen LogP contribution in [-0.4, -0.2) is 68.3 Å². The number of fused-ring (bicyclic) bond motifs is 2. The lowest BCUT2D eigenvalue weighted by Crippen LogP contribution is -2.39. The maximum atomic E-state index is 10.8. The number of anilines is 3. The number of hydrogen-bond acceptors (Lipinski definition) is 7. The van der Waals surface area contributed by atoms with E-state index in [0.717, 1.165) is 88.1 Å². The maximum Gasteiger partial charge on any atom is 0.245 e. The molecule has 8 heteroatoms. The Kier molecular flexibility index (Phi) is 7.20. The van der Waals surface area contributed by atoms with Crippen LogP contribution in [0.15, 0.2) is 37.1 Å². The molecule has 0 unspecified atom stereocenters. The summed E-state index contributed by atoms with van der Waals surface area (Å²) in [5.74, 6) is 2.51. The van der Waals surface area contributed by atoms with Crippen LogP contribution in [-0.2, 0) is 16.1 Å². The van der Waals surface area contributed by atoms with Gasteiger partial charge in [-0.05, 0) is 49.1 Å². The Morgan fingerprint density at radius 2 is 1.97 bits per heavy atom. The lowest BCUT2D eigenvalue weighted by atomic mass is 9.92. The summed E-state index contributed by atoms with van der Waals surface area (Å²) in [6, 6.07) is 6.58. The van der Waals surface area contributed by atoms with Gasteiger partial charge in [0.15, 0.2) is 0 Å². The third kappa shape index (κ3) is 5.13. The van der Waals surface area contributed by atoms with Crippen molar-refractivity contribution in [1.29, 1.82) is 0 Å². The molecule has 35 heavy (non-hydrogen) atoms. The molecule has 0 aliphatic carbocycles. The largest absolute Gasteiger partial charge is 0.486 e. The standard InChI is InChI=1S/C20H24N4O2.C7H11NO.H2/c1-13-8-14(15-10-21-11-15)9-17-19(13)26-12-16-18(2-3-22-20(16)23-17)24-4-6-25-7-5-24;1-2-7(9)8-5-3-4-6-8;/h2-3,8-9,15,21H,4-7,10-12H2,1H3,(H,22,23);2H,1,3-6H2;1H. The fourth-order valence-corrected chi connectivity index (χ4v) is 5.02. The number of carbonyl (C=O) groups excluding carboxylic acids is 1. The van der Waals surface area contributed by atoms with E-state index >= 15 is 0 Å². The highest BCUT2D eigenvalue weighted by atomic mass is 16.5. The Labute approximate surface area is 208 Å². The first-order valence-corrected chi connectivity index (χ1v) is 12.6. The van der Waals surface area contributed by atoms with Crippen molar-refractivity contribution >= 4 is 23.1 Å². The maximum absolute atomic E-state index is 10.8. The van der Waals surface area contributed by atoms with Gasteiger partial charge in [0.2, 0.25) is 5.91 Å². The average molecular weight is 480 g/mol. The monoisotopic (exact) mass is 479 g/mol. The second-order valence-electron chi connectivity index (χ2n) is 9.48. The van der Waals surface area contributed by atoms with Gasteiger partial charge in [0.1, 0.15) is 18.2 Å². The zero-order valence-electron chi connectivity index (χ0n) is 20.5. The van der Waals surface area contributed by atoms with Crippen LogP contribution in [0.1, 0.15) is 36.9 Å². The van der Waals surface area contributed by atoms with Gasteiger partial charge in [-0.25, -0.2) is 4.98 Å². The Morgan fingerprint density at radius 3 is 2.66 bits per heavy atom. The summed E-state index contributed by atoms with van der Waals surface area (Å²) in [6.45, 7) is 13.4. The van der Waals surface area contributed by atoms with Crippen LogP contribution in [0.4, 0.5) is 17.2 Å². The number of aromatic nitrogens is 1. The van der Waals surface area contributed by atoms with Gasteiger partial charge in [-0.3, -0.25) is 4.79 Å². The number of nitrogens with zero attached hydrogens (tertiary/aromatic N) is 3. The number of ether oxygens (including phenoxy) is 2. The molecular formula is C27H37N5O3. The fourth-order valence-electron chi connectivity index (χ4n) is 5.02. The molecule has 0 bridgehead atoms. The van der Waals surface area contributed by atoms with Crippen LogP contribution in [0.25, 0.3) is 0 Å². The summed E-state index contributed by atoms with van der Waals surface area (Å²) in [4.78, 5) is 19.6. The van der Waals surface area contributed by atoms with E-state index in [1.54, 1.807) is 0 Å². The first-order valence-electron chi connectivity index (χ1n) is 12.6. The predicted octanol–water partition coefficient (Wildman–Crippen LogP) is 3.59. The zero-order chi connectivity index (χ0) is 24.2. The second kappa shape index (κ2) is 10.7. The third-order valence-corrected chi connectivity index (χ3v) is 7.14. The van der Waals surface area contributed by atoms with Gasteiger partial charge in [-0.15, -0.1) is 0 Å². The number of morpholine rings is 1. The highest BCUT2D eigenvalue weighted by Gasteiger charge is 2.25. The SMILES string of the molecule is C=CC(=O)N1CCCC1.Cc1cc(C2CNC2)cc2c1OCc1c(N3CCOCC3)ccnc1N2.[HH]. The van der Waals surface area contributed by atoms with Crippen LogP contribution in [0.3, 0.4) is 0 Å². The van der Waals surface area contributed by atoms with E-state index in [1.807, 2.05) is 11.1 Å². The molecule has 3 saturated heterocycles. The molecule has 1 amide bonds. The summed E-state index contributed by atoms with van der Waals surface area (Å²) >= 11 is 0. The molecule has 0 atom stereocenters. The van der Waals surface area contributed by atoms with Crippen LogP contribution >= 0.6 is 0 Å². The van der Waals surface area contributed by atoms with E-state index in [2.05, 4.69) is 52.2 Å². The van der Waals surface area contributed by atoms with E-state index in [4.69, 9.17) is 9.47 Å². The molecule has 2 aromatic rings. The minimum atomic E-state index is 0. The smallest absolute Gasteiger partial charge is 0.245 e. The fraction of sp³-hybridized carbons (Fsp3) is 0.481. The molecule has 2 N–H and O–H groups in total. The first-order chi connectivity index (χ1) is 17.1. The first kappa shape index (κ1) is 23.6. The molecular weight excluding hydrogens is 442 g/mol. The summed E-state index contributed by atoms with van der Waals surface area (Å²) in [5, 5.41) is 6.90. The van der Waals surface area contributed by atoms with E-state index in [1.165, 1.54) is 22.9 Å². The van der Waals surface area contributed by atoms with Crippen molar-refractivity contribution < 1.29 is 15.7 Å². The number of benzene rings is 1. The Hall–Kier alpha value is -3.10. The molecule has 3 fully saturated rings. The summed E-state index contributed by atoms with van der Waals surface area (Å²) in [6.07, 6.45) is 5.57. The van der Waals surface area contributed by atoms with Gasteiger partial charge < -0.3 is 29.9 Å². The van der Waals surface area contributed by atoms with Crippen molar-refractivity contribution in [2.45, 2.75) is 32.3 Å². The summed E-state index contributed by atoms with van der Waals surface area (Å²) in [5.41, 5.74) is 5.88. The number of nitrogens with one attached hydrogen (secondary N) is 2. The Morgan fingerprint density at radius 1 is 1.20 bits per heavy atom. The van der Waals surface area contributed by atoms with Gasteiger partial charge in [0, 0.05) is 58.5 Å². The van der Waals surface area contributed by atoms with E-state index in [0.29, 0.717) is 12.5 Å². The molecule has 1 aromatic heterocycles. The minimum absolute atomic E-state index is 0. The van der Waals surface area contributed by atoms with Gasteiger partial charge in [0.05, 0.1) is 24.5 Å². The van der Waals surface area contributed by atoms with Crippen LogP contribution in [0, 0.1) is 6.92 Å². The average Bonchev–Trinajstić information content (AvgIpc) is 3.32. The molecule has 4 aliphatic rings. The number of aryl methyl sites for hydroxylation is 1. The van der Waals surface area contributed by atoms with E-state index < -0.39 is 0 Å². The number of rotatable bonds is 3. The molecule has 188 valence electrons. The van der Waals surface area contributed by atoms with Crippen LogP contribution < -0.4 is 20.3 Å². The molecule has 4 aliphatic heterocycles. The van der Waals surface area contributed by atoms with Gasteiger partial charge in [-0.1, -0.05) is 12.6 Å². The van der Waals surface area contributed by atoms with Gasteiger partial charge in [-0.2, -0.15) is 0 Å². The molecule has 0 spiro atoms. The van der Waals surface area contributed by atoms with Crippen molar-refractivity contribution in [1.82, 2.24) is 15.2 Å². The molecule has 0 radical (unpaired) electrons. The van der Waals surface area contributed by atoms with Crippen molar-refractivity contribution in [3.63, 3.8) is 0 Å².